The van der Waals surface area contributed by atoms with Gasteiger partial charge in [-0.05, 0) is 30.4 Å². The van der Waals surface area contributed by atoms with Gasteiger partial charge in [0.2, 0.25) is 0 Å². The Morgan fingerprint density at radius 3 is 2.40 bits per heavy atom. The summed E-state index contributed by atoms with van der Waals surface area (Å²) in [5.74, 6) is 0. The fourth-order valence-corrected chi connectivity index (χ4v) is 2.14. The Hall–Kier alpha value is -0.860. The molecule has 0 fully saturated rings. The fourth-order valence-electron chi connectivity index (χ4n) is 1.74. The molecule has 0 bridgehead atoms. The molecule has 1 unspecified atom stereocenters. The van der Waals surface area contributed by atoms with Crippen LogP contribution in [0.15, 0.2) is 42.5 Å². The van der Waals surface area contributed by atoms with Crippen molar-refractivity contribution >= 4 is 26.7 Å². The molecular formula is C13H14BrN. The topological polar surface area (TPSA) is 3.24 Å². The molecule has 2 heteroatoms. The Morgan fingerprint density at radius 1 is 1.00 bits per heavy atom. The van der Waals surface area contributed by atoms with Crippen molar-refractivity contribution in [3.63, 3.8) is 0 Å². The van der Waals surface area contributed by atoms with Gasteiger partial charge < -0.3 is 0 Å². The lowest BCUT2D eigenvalue weighted by molar-refractivity contribution is 0.399. The highest BCUT2D eigenvalue weighted by Crippen LogP contribution is 2.30. The van der Waals surface area contributed by atoms with E-state index in [1.54, 1.807) is 0 Å². The minimum absolute atomic E-state index is 0.267. The first-order valence-electron chi connectivity index (χ1n) is 4.98. The lowest BCUT2D eigenvalue weighted by atomic mass is 10.0. The largest absolute Gasteiger partial charge is 0.293 e. The SMILES string of the molecule is CN(C)C(Br)c1cccc2ccccc12. The quantitative estimate of drug-likeness (QED) is 0.589. The molecule has 78 valence electrons. The number of hydrogen-bond donors (Lipinski definition) is 0. The Labute approximate surface area is 98.8 Å². The van der Waals surface area contributed by atoms with Crippen LogP contribution in [-0.2, 0) is 0 Å². The smallest absolute Gasteiger partial charge is 0.0912 e. The zero-order valence-corrected chi connectivity index (χ0v) is 10.5. The van der Waals surface area contributed by atoms with Crippen molar-refractivity contribution in [2.24, 2.45) is 0 Å². The summed E-state index contributed by atoms with van der Waals surface area (Å²) < 4.78 is 0. The van der Waals surface area contributed by atoms with E-state index in [4.69, 9.17) is 0 Å². The highest BCUT2D eigenvalue weighted by atomic mass is 79.9. The molecule has 0 spiro atoms. The van der Waals surface area contributed by atoms with E-state index in [2.05, 4.69) is 77.4 Å². The summed E-state index contributed by atoms with van der Waals surface area (Å²) >= 11 is 3.70. The molecule has 0 aromatic heterocycles. The zero-order chi connectivity index (χ0) is 10.8. The predicted molar refractivity (Wildman–Crippen MR) is 69.3 cm³/mol. The minimum atomic E-state index is 0.267. The maximum absolute atomic E-state index is 3.70. The second-order valence-corrected chi connectivity index (χ2v) is 4.74. The van der Waals surface area contributed by atoms with E-state index in [1.165, 1.54) is 16.3 Å². The lowest BCUT2D eigenvalue weighted by Crippen LogP contribution is -2.14. The Bertz CT molecular complexity index is 460. The maximum Gasteiger partial charge on any atom is 0.0912 e. The average Bonchev–Trinajstić information content (AvgIpc) is 2.27. The lowest BCUT2D eigenvalue weighted by Gasteiger charge is -2.19. The first kappa shape index (κ1) is 10.7. The van der Waals surface area contributed by atoms with Gasteiger partial charge in [0, 0.05) is 0 Å². The van der Waals surface area contributed by atoms with Crippen LogP contribution >= 0.6 is 15.9 Å². The molecule has 1 nitrogen and oxygen atoms in total. The summed E-state index contributed by atoms with van der Waals surface area (Å²) in [5.41, 5.74) is 1.32. The van der Waals surface area contributed by atoms with Gasteiger partial charge in [0.15, 0.2) is 0 Å². The van der Waals surface area contributed by atoms with Crippen molar-refractivity contribution in [2.75, 3.05) is 14.1 Å². The molecule has 0 aliphatic heterocycles. The van der Waals surface area contributed by atoms with Gasteiger partial charge in [-0.2, -0.15) is 0 Å². The Morgan fingerprint density at radius 2 is 1.67 bits per heavy atom. The van der Waals surface area contributed by atoms with E-state index in [-0.39, 0.29) is 4.95 Å². The van der Waals surface area contributed by atoms with Crippen LogP contribution in [0, 0.1) is 0 Å². The third kappa shape index (κ3) is 2.06. The first-order valence-corrected chi connectivity index (χ1v) is 5.90. The van der Waals surface area contributed by atoms with Crippen molar-refractivity contribution in [3.05, 3.63) is 48.0 Å². The van der Waals surface area contributed by atoms with Crippen LogP contribution in [0.3, 0.4) is 0 Å². The zero-order valence-electron chi connectivity index (χ0n) is 8.94. The molecule has 1 atom stereocenters. The van der Waals surface area contributed by atoms with Gasteiger partial charge in [0.1, 0.15) is 0 Å². The molecule has 0 N–H and O–H groups in total. The minimum Gasteiger partial charge on any atom is -0.293 e. The summed E-state index contributed by atoms with van der Waals surface area (Å²) in [6.07, 6.45) is 0. The van der Waals surface area contributed by atoms with Crippen LogP contribution in [0.1, 0.15) is 10.5 Å². The highest BCUT2D eigenvalue weighted by Gasteiger charge is 2.11. The third-order valence-corrected chi connectivity index (χ3v) is 3.85. The van der Waals surface area contributed by atoms with E-state index in [1.807, 2.05) is 0 Å². The second-order valence-electron chi connectivity index (χ2n) is 3.87. The van der Waals surface area contributed by atoms with E-state index >= 15 is 0 Å². The Balaban J connectivity index is 2.60. The molecule has 2 aromatic carbocycles. The normalized spacial score (nSPS) is 13.3. The van der Waals surface area contributed by atoms with Gasteiger partial charge in [-0.15, -0.1) is 0 Å². The van der Waals surface area contributed by atoms with Crippen LogP contribution in [0.5, 0.6) is 0 Å². The van der Waals surface area contributed by atoms with E-state index in [0.717, 1.165) is 0 Å². The number of benzene rings is 2. The number of nitrogens with zero attached hydrogens (tertiary/aromatic N) is 1. The molecule has 0 saturated heterocycles. The van der Waals surface area contributed by atoms with Gasteiger partial charge >= 0.3 is 0 Å². The Kier molecular flexibility index (Phi) is 3.08. The van der Waals surface area contributed by atoms with Crippen LogP contribution in [-0.4, -0.2) is 19.0 Å². The number of hydrogen-bond acceptors (Lipinski definition) is 1. The predicted octanol–water partition coefficient (Wildman–Crippen LogP) is 3.79. The summed E-state index contributed by atoms with van der Waals surface area (Å²) in [7, 11) is 4.14. The van der Waals surface area contributed by atoms with Gasteiger partial charge in [0.05, 0.1) is 4.95 Å². The molecule has 2 rings (SSSR count). The molecule has 15 heavy (non-hydrogen) atoms. The van der Waals surface area contributed by atoms with Crippen molar-refractivity contribution in [1.29, 1.82) is 0 Å². The number of halogens is 1. The van der Waals surface area contributed by atoms with Crippen LogP contribution in [0.2, 0.25) is 0 Å². The first-order chi connectivity index (χ1) is 7.20. The van der Waals surface area contributed by atoms with Crippen molar-refractivity contribution < 1.29 is 0 Å². The van der Waals surface area contributed by atoms with Crippen LogP contribution in [0.4, 0.5) is 0 Å². The van der Waals surface area contributed by atoms with Crippen molar-refractivity contribution in [2.45, 2.75) is 4.95 Å². The molecule has 0 aliphatic rings. The standard InChI is InChI=1S/C13H14BrN/c1-15(2)13(14)12-9-5-7-10-6-3-4-8-11(10)12/h3-9,13H,1-2H3. The van der Waals surface area contributed by atoms with Gasteiger partial charge in [0.25, 0.3) is 0 Å². The molecule has 0 aliphatic carbocycles. The third-order valence-electron chi connectivity index (χ3n) is 2.53. The molecule has 2 aromatic rings. The fraction of sp³-hybridized carbons (Fsp3) is 0.231. The monoisotopic (exact) mass is 263 g/mol. The molecular weight excluding hydrogens is 250 g/mol. The average molecular weight is 264 g/mol. The highest BCUT2D eigenvalue weighted by molar-refractivity contribution is 9.09. The summed E-state index contributed by atoms with van der Waals surface area (Å²) in [5, 5.41) is 2.61. The molecule has 0 heterocycles. The van der Waals surface area contributed by atoms with Crippen molar-refractivity contribution in [3.8, 4) is 0 Å². The maximum atomic E-state index is 3.70. The molecule has 0 radical (unpaired) electrons. The van der Waals surface area contributed by atoms with Gasteiger partial charge in [-0.25, -0.2) is 0 Å². The van der Waals surface area contributed by atoms with Crippen LogP contribution in [0.25, 0.3) is 10.8 Å². The van der Waals surface area contributed by atoms with E-state index in [9.17, 15) is 0 Å². The second kappa shape index (κ2) is 4.33. The number of rotatable bonds is 2. The number of alkyl halides is 1. The molecule has 0 saturated carbocycles. The summed E-state index contributed by atoms with van der Waals surface area (Å²) in [4.78, 5) is 2.42. The van der Waals surface area contributed by atoms with E-state index in [0.29, 0.717) is 0 Å². The summed E-state index contributed by atoms with van der Waals surface area (Å²) in [6, 6.07) is 14.9. The van der Waals surface area contributed by atoms with Crippen molar-refractivity contribution in [1.82, 2.24) is 4.90 Å². The van der Waals surface area contributed by atoms with Gasteiger partial charge in [-0.3, -0.25) is 4.90 Å². The van der Waals surface area contributed by atoms with E-state index < -0.39 is 0 Å². The van der Waals surface area contributed by atoms with Gasteiger partial charge in [-0.1, -0.05) is 58.4 Å². The number of fused-ring (bicyclic) bond motifs is 1. The van der Waals surface area contributed by atoms with Crippen LogP contribution < -0.4 is 0 Å². The summed E-state index contributed by atoms with van der Waals surface area (Å²) in [6.45, 7) is 0. The molecule has 0 amide bonds.